The number of carbonyl (C=O) groups is 2. The topological polar surface area (TPSA) is 96.0 Å². The largest absolute Gasteiger partial charge is 0.494 e. The molecule has 0 fully saturated rings. The third kappa shape index (κ3) is 9.52. The summed E-state index contributed by atoms with van der Waals surface area (Å²) < 4.78 is 35.1. The lowest BCUT2D eigenvalue weighted by atomic mass is 10.0. The average molecular weight is 711 g/mol. The number of nitrogens with one attached hydrogen (secondary N) is 1. The fraction of sp³-hybridized carbons (Fsp3) is 0.297. The number of rotatable bonds is 15. The number of ether oxygens (including phenoxy) is 1. The lowest BCUT2D eigenvalue weighted by Gasteiger charge is -2.34. The molecule has 0 aromatic heterocycles. The van der Waals surface area contributed by atoms with E-state index in [0.29, 0.717) is 40.1 Å². The van der Waals surface area contributed by atoms with Crippen molar-refractivity contribution in [3.8, 4) is 5.75 Å². The van der Waals surface area contributed by atoms with Crippen LogP contribution in [0, 0.1) is 6.92 Å². The van der Waals surface area contributed by atoms with E-state index in [9.17, 15) is 18.0 Å². The van der Waals surface area contributed by atoms with Gasteiger partial charge in [-0.05, 0) is 86.8 Å². The Morgan fingerprint density at radius 1 is 0.896 bits per heavy atom. The SMILES string of the molecule is CCOc1ccc(S(=O)(=O)N(CC(=O)N(Cc2ccc(Cl)cc2Cl)[C@@H](Cc2ccccc2)C(=O)N[C@@H](C)CC)c2ccc(C)cc2)cc1. The standard InChI is InChI=1S/C37H41Cl2N3O5S/c1-5-27(4)40-37(44)35(22-28-10-8-7-9-11-28)41(24-29-14-15-30(38)23-34(29)39)36(43)25-42(31-16-12-26(3)13-17-31)48(45,46)33-20-18-32(19-21-33)47-6-2/h7-21,23,27,35H,5-6,22,24-25H2,1-4H3,(H,40,44)/t27-,35-/m0/s1. The summed E-state index contributed by atoms with van der Waals surface area (Å²) in [5.41, 5.74) is 2.61. The van der Waals surface area contributed by atoms with Gasteiger partial charge in [0.15, 0.2) is 0 Å². The van der Waals surface area contributed by atoms with Gasteiger partial charge in [0.25, 0.3) is 10.0 Å². The van der Waals surface area contributed by atoms with E-state index in [0.717, 1.165) is 15.4 Å². The molecule has 0 bridgehead atoms. The second-order valence-electron chi connectivity index (χ2n) is 11.5. The molecule has 0 radical (unpaired) electrons. The van der Waals surface area contributed by atoms with Gasteiger partial charge in [0.1, 0.15) is 18.3 Å². The van der Waals surface area contributed by atoms with Crippen LogP contribution in [-0.4, -0.2) is 50.4 Å². The van der Waals surface area contributed by atoms with E-state index in [1.54, 1.807) is 54.6 Å². The molecule has 0 unspecified atom stereocenters. The summed E-state index contributed by atoms with van der Waals surface area (Å²) in [6.07, 6.45) is 0.874. The second-order valence-corrected chi connectivity index (χ2v) is 14.2. The highest BCUT2D eigenvalue weighted by atomic mass is 35.5. The first-order chi connectivity index (χ1) is 22.9. The Bertz CT molecular complexity index is 1790. The molecular formula is C37H41Cl2N3O5S. The molecule has 48 heavy (non-hydrogen) atoms. The van der Waals surface area contributed by atoms with Crippen molar-refractivity contribution < 1.29 is 22.7 Å². The average Bonchev–Trinajstić information content (AvgIpc) is 3.07. The molecule has 254 valence electrons. The maximum absolute atomic E-state index is 14.6. The molecule has 4 aromatic carbocycles. The normalized spacial score (nSPS) is 12.5. The van der Waals surface area contributed by atoms with Crippen LogP contribution < -0.4 is 14.4 Å². The monoisotopic (exact) mass is 709 g/mol. The van der Waals surface area contributed by atoms with Crippen LogP contribution in [0.5, 0.6) is 5.75 Å². The Labute approximate surface area is 293 Å². The number of hydrogen-bond acceptors (Lipinski definition) is 5. The van der Waals surface area contributed by atoms with Crippen molar-refractivity contribution in [2.24, 2.45) is 0 Å². The molecular weight excluding hydrogens is 669 g/mol. The summed E-state index contributed by atoms with van der Waals surface area (Å²) in [5, 5.41) is 3.77. The second kappa shape index (κ2) is 16.9. The Morgan fingerprint density at radius 3 is 2.17 bits per heavy atom. The van der Waals surface area contributed by atoms with Crippen molar-refractivity contribution in [3.05, 3.63) is 124 Å². The summed E-state index contributed by atoms with van der Waals surface area (Å²) in [4.78, 5) is 30.0. The molecule has 4 aromatic rings. The van der Waals surface area contributed by atoms with Crippen molar-refractivity contribution >= 4 is 50.7 Å². The molecule has 2 atom stereocenters. The molecule has 0 aliphatic rings. The highest BCUT2D eigenvalue weighted by molar-refractivity contribution is 7.92. The number of aryl methyl sites for hydroxylation is 1. The Kier molecular flexibility index (Phi) is 12.9. The van der Waals surface area contributed by atoms with Gasteiger partial charge in [0.05, 0.1) is 17.2 Å². The Hall–Kier alpha value is -4.05. The van der Waals surface area contributed by atoms with Crippen molar-refractivity contribution in [3.63, 3.8) is 0 Å². The van der Waals surface area contributed by atoms with Crippen LogP contribution in [0.3, 0.4) is 0 Å². The maximum atomic E-state index is 14.6. The molecule has 0 saturated heterocycles. The van der Waals surface area contributed by atoms with Gasteiger partial charge in [-0.25, -0.2) is 8.42 Å². The fourth-order valence-electron chi connectivity index (χ4n) is 5.07. The first-order valence-electron chi connectivity index (χ1n) is 15.8. The van der Waals surface area contributed by atoms with Crippen LogP contribution in [-0.2, 0) is 32.6 Å². The van der Waals surface area contributed by atoms with Gasteiger partial charge < -0.3 is 15.0 Å². The van der Waals surface area contributed by atoms with Crippen LogP contribution in [0.15, 0.2) is 102 Å². The summed E-state index contributed by atoms with van der Waals surface area (Å²) in [7, 11) is -4.26. The Balaban J connectivity index is 1.82. The minimum atomic E-state index is -4.26. The number of amides is 2. The van der Waals surface area contributed by atoms with Crippen molar-refractivity contribution in [2.45, 2.75) is 64.1 Å². The van der Waals surface area contributed by atoms with E-state index in [1.165, 1.54) is 17.0 Å². The highest BCUT2D eigenvalue weighted by Gasteiger charge is 2.35. The molecule has 0 spiro atoms. The number of nitrogens with zero attached hydrogens (tertiary/aromatic N) is 2. The van der Waals surface area contributed by atoms with Gasteiger partial charge in [-0.2, -0.15) is 0 Å². The first-order valence-corrected chi connectivity index (χ1v) is 18.0. The van der Waals surface area contributed by atoms with Gasteiger partial charge in [0, 0.05) is 29.1 Å². The lowest BCUT2D eigenvalue weighted by molar-refractivity contribution is -0.140. The van der Waals surface area contributed by atoms with Crippen LogP contribution in [0.1, 0.15) is 43.9 Å². The molecule has 2 amide bonds. The van der Waals surface area contributed by atoms with E-state index in [-0.39, 0.29) is 29.8 Å². The summed E-state index contributed by atoms with van der Waals surface area (Å²) in [5.74, 6) is -0.421. The molecule has 1 N–H and O–H groups in total. The summed E-state index contributed by atoms with van der Waals surface area (Å²) in [6, 6.07) is 26.1. The minimum absolute atomic E-state index is 0.0121. The summed E-state index contributed by atoms with van der Waals surface area (Å²) in [6.45, 7) is 7.37. The van der Waals surface area contributed by atoms with Gasteiger partial charge in [-0.3, -0.25) is 13.9 Å². The zero-order chi connectivity index (χ0) is 34.8. The number of halogens is 2. The van der Waals surface area contributed by atoms with E-state index >= 15 is 0 Å². The van der Waals surface area contributed by atoms with E-state index in [4.69, 9.17) is 27.9 Å². The number of benzene rings is 4. The molecule has 11 heteroatoms. The summed E-state index contributed by atoms with van der Waals surface area (Å²) >= 11 is 12.8. The van der Waals surface area contributed by atoms with Gasteiger partial charge in [0.2, 0.25) is 11.8 Å². The molecule has 0 saturated carbocycles. The third-order valence-corrected chi connectivity index (χ3v) is 10.3. The minimum Gasteiger partial charge on any atom is -0.494 e. The molecule has 8 nitrogen and oxygen atoms in total. The van der Waals surface area contributed by atoms with E-state index < -0.39 is 28.5 Å². The number of anilines is 1. The van der Waals surface area contributed by atoms with Gasteiger partial charge in [-0.1, -0.05) is 84.2 Å². The molecule has 0 aliphatic carbocycles. The number of carbonyl (C=O) groups excluding carboxylic acids is 2. The number of hydrogen-bond donors (Lipinski definition) is 1. The lowest BCUT2D eigenvalue weighted by Crippen LogP contribution is -2.54. The maximum Gasteiger partial charge on any atom is 0.264 e. The fourth-order valence-corrected chi connectivity index (χ4v) is 6.95. The number of sulfonamides is 1. The quantitative estimate of drug-likeness (QED) is 0.138. The van der Waals surface area contributed by atoms with Gasteiger partial charge in [-0.15, -0.1) is 0 Å². The van der Waals surface area contributed by atoms with Crippen molar-refractivity contribution in [2.75, 3.05) is 17.5 Å². The van der Waals surface area contributed by atoms with E-state index in [2.05, 4.69) is 5.32 Å². The van der Waals surface area contributed by atoms with Crippen LogP contribution in [0.25, 0.3) is 0 Å². The zero-order valence-electron chi connectivity index (χ0n) is 27.5. The molecule has 4 rings (SSSR count). The highest BCUT2D eigenvalue weighted by Crippen LogP contribution is 2.28. The smallest absolute Gasteiger partial charge is 0.264 e. The first kappa shape index (κ1) is 36.8. The van der Waals surface area contributed by atoms with Crippen molar-refractivity contribution in [1.29, 1.82) is 0 Å². The predicted octanol–water partition coefficient (Wildman–Crippen LogP) is 7.45. The zero-order valence-corrected chi connectivity index (χ0v) is 29.9. The van der Waals surface area contributed by atoms with Crippen molar-refractivity contribution in [1.82, 2.24) is 10.2 Å². The Morgan fingerprint density at radius 2 is 1.56 bits per heavy atom. The van der Waals surface area contributed by atoms with Crippen LogP contribution in [0.4, 0.5) is 5.69 Å². The van der Waals surface area contributed by atoms with Crippen LogP contribution in [0.2, 0.25) is 10.0 Å². The predicted molar refractivity (Wildman–Crippen MR) is 192 cm³/mol. The van der Waals surface area contributed by atoms with Gasteiger partial charge >= 0.3 is 0 Å². The van der Waals surface area contributed by atoms with E-state index in [1.807, 2.05) is 58.0 Å². The molecule has 0 heterocycles. The molecule has 0 aliphatic heterocycles. The van der Waals surface area contributed by atoms with Crippen LogP contribution >= 0.6 is 23.2 Å². The third-order valence-electron chi connectivity index (χ3n) is 7.95.